The van der Waals surface area contributed by atoms with Crippen molar-refractivity contribution in [1.82, 2.24) is 10.6 Å². The Kier molecular flexibility index (Phi) is 28.7. The largest absolute Gasteiger partial charge is 0.352 e. The normalized spacial score (nSPS) is 11.7. The van der Waals surface area contributed by atoms with Gasteiger partial charge in [-0.3, -0.25) is 9.59 Å². The van der Waals surface area contributed by atoms with Crippen LogP contribution in [0, 0.1) is 0 Å². The molecule has 70 heavy (non-hydrogen) atoms. The van der Waals surface area contributed by atoms with Gasteiger partial charge in [0.1, 0.15) is 0 Å². The monoisotopic (exact) mass is 953 g/mol. The molecule has 0 aliphatic heterocycles. The highest BCUT2D eigenvalue weighted by Gasteiger charge is 2.17. The van der Waals surface area contributed by atoms with Crippen molar-refractivity contribution < 1.29 is 9.59 Å². The standard InChI is InChI=1S/C66H100N2O2/c1-4-7-10-13-16-19-22-25-28-33-39-57-52-59(53-58(40-34-29-26-23-20-17-14-11-8-5-2)60(57)43-35-30-27-24-21-18-15-12-9-6-3)65(69)67-50-36-31-32-37-51-68-66(70)62-49-47-56-45-44-54-41-38-42-55-46-48-61(62)64(56)63(54)55/h38,41-42,44-49,52-53H,4-37,39-40,43,50-51H2,1-3H3,(H,67,69)(H,68,70). The van der Waals surface area contributed by atoms with Gasteiger partial charge >= 0.3 is 0 Å². The number of hydrogen-bond acceptors (Lipinski definition) is 2. The molecule has 0 radical (unpaired) electrons. The SMILES string of the molecule is CCCCCCCCCCCCc1cc(C(=O)NCCCCCCNC(=O)c2ccc3ccc4cccc5ccc2c3c45)cc(CCCCCCCCCCCC)c1CCCCCCCCCCCC. The van der Waals surface area contributed by atoms with E-state index in [9.17, 15) is 9.59 Å². The average Bonchev–Trinajstić information content (AvgIpc) is 3.38. The molecule has 0 aliphatic rings. The van der Waals surface area contributed by atoms with Crippen LogP contribution in [0.2, 0.25) is 0 Å². The topological polar surface area (TPSA) is 58.2 Å². The van der Waals surface area contributed by atoms with Crippen molar-refractivity contribution in [2.24, 2.45) is 0 Å². The number of carbonyl (C=O) groups excluding carboxylic acids is 2. The van der Waals surface area contributed by atoms with Crippen LogP contribution in [0.5, 0.6) is 0 Å². The molecule has 0 saturated heterocycles. The Hall–Kier alpha value is -3.92. The maximum atomic E-state index is 14.0. The van der Waals surface area contributed by atoms with Crippen molar-refractivity contribution in [2.75, 3.05) is 13.1 Å². The molecule has 0 heterocycles. The molecule has 0 spiro atoms. The molecule has 5 rings (SSSR count). The molecule has 0 bridgehead atoms. The van der Waals surface area contributed by atoms with Crippen molar-refractivity contribution >= 4 is 44.1 Å². The van der Waals surface area contributed by atoms with Gasteiger partial charge in [0.15, 0.2) is 0 Å². The highest BCUT2D eigenvalue weighted by molar-refractivity contribution is 6.26. The second-order valence-electron chi connectivity index (χ2n) is 21.5. The van der Waals surface area contributed by atoms with Gasteiger partial charge in [0.05, 0.1) is 0 Å². The Labute approximate surface area is 428 Å². The molecule has 0 aromatic heterocycles. The lowest BCUT2D eigenvalue weighted by Gasteiger charge is -2.18. The Bertz CT molecular complexity index is 2110. The van der Waals surface area contributed by atoms with E-state index in [0.717, 1.165) is 61.5 Å². The maximum Gasteiger partial charge on any atom is 0.251 e. The Morgan fingerprint density at radius 1 is 0.357 bits per heavy atom. The molecule has 4 nitrogen and oxygen atoms in total. The molecule has 0 fully saturated rings. The molecule has 5 aromatic rings. The number of amides is 2. The Balaban J connectivity index is 1.12. The fourth-order valence-electron chi connectivity index (χ4n) is 11.2. The van der Waals surface area contributed by atoms with Gasteiger partial charge in [0, 0.05) is 24.2 Å². The molecule has 2 amide bonds. The summed E-state index contributed by atoms with van der Waals surface area (Å²) in [6, 6.07) is 23.7. The van der Waals surface area contributed by atoms with E-state index in [-0.39, 0.29) is 11.8 Å². The van der Waals surface area contributed by atoms with Gasteiger partial charge in [-0.1, -0.05) is 256 Å². The minimum atomic E-state index is -0.000199. The molecule has 0 aliphatic carbocycles. The fourth-order valence-corrected chi connectivity index (χ4v) is 11.2. The maximum absolute atomic E-state index is 14.0. The lowest BCUT2D eigenvalue weighted by Crippen LogP contribution is -2.25. The van der Waals surface area contributed by atoms with Crippen LogP contribution < -0.4 is 10.6 Å². The molecule has 5 aromatic carbocycles. The number of benzene rings is 5. The van der Waals surface area contributed by atoms with Crippen LogP contribution in [0.25, 0.3) is 32.3 Å². The third-order valence-corrected chi connectivity index (χ3v) is 15.5. The van der Waals surface area contributed by atoms with Crippen molar-refractivity contribution in [1.29, 1.82) is 0 Å². The van der Waals surface area contributed by atoms with E-state index < -0.39 is 0 Å². The van der Waals surface area contributed by atoms with Gasteiger partial charge in [-0.2, -0.15) is 0 Å². The first kappa shape index (κ1) is 57.0. The summed E-state index contributed by atoms with van der Waals surface area (Å²) in [6.45, 7) is 8.25. The van der Waals surface area contributed by atoms with E-state index in [1.54, 1.807) is 5.56 Å². The summed E-state index contributed by atoms with van der Waals surface area (Å²) < 4.78 is 0. The Morgan fingerprint density at radius 3 is 1.17 bits per heavy atom. The van der Waals surface area contributed by atoms with Gasteiger partial charge in [0.2, 0.25) is 0 Å². The first-order valence-electron chi connectivity index (χ1n) is 29.9. The second-order valence-corrected chi connectivity index (χ2v) is 21.5. The highest BCUT2D eigenvalue weighted by atomic mass is 16.2. The van der Waals surface area contributed by atoms with Crippen LogP contribution in [-0.2, 0) is 19.3 Å². The zero-order valence-corrected chi connectivity index (χ0v) is 45.2. The Morgan fingerprint density at radius 2 is 0.714 bits per heavy atom. The van der Waals surface area contributed by atoms with E-state index >= 15 is 0 Å². The van der Waals surface area contributed by atoms with Gasteiger partial charge in [0.25, 0.3) is 11.8 Å². The zero-order chi connectivity index (χ0) is 49.3. The minimum absolute atomic E-state index is 0.000199. The highest BCUT2D eigenvalue weighted by Crippen LogP contribution is 2.36. The summed E-state index contributed by atoms with van der Waals surface area (Å²) in [7, 11) is 0. The first-order chi connectivity index (χ1) is 34.5. The van der Waals surface area contributed by atoms with Crippen molar-refractivity contribution in [3.05, 3.63) is 94.5 Å². The quantitative estimate of drug-likeness (QED) is 0.0302. The van der Waals surface area contributed by atoms with E-state index in [4.69, 9.17) is 0 Å². The molecular formula is C66H100N2O2. The smallest absolute Gasteiger partial charge is 0.251 e. The van der Waals surface area contributed by atoms with Crippen molar-refractivity contribution in [2.45, 2.75) is 258 Å². The summed E-state index contributed by atoms with van der Waals surface area (Å²) >= 11 is 0. The summed E-state index contributed by atoms with van der Waals surface area (Å²) in [5.74, 6) is 0.0967. The van der Waals surface area contributed by atoms with Crippen molar-refractivity contribution in [3.8, 4) is 0 Å². The van der Waals surface area contributed by atoms with E-state index in [0.29, 0.717) is 13.1 Å². The number of carbonyl (C=O) groups is 2. The lowest BCUT2D eigenvalue weighted by atomic mass is 9.88. The van der Waals surface area contributed by atoms with Gasteiger partial charge < -0.3 is 10.6 Å². The first-order valence-corrected chi connectivity index (χ1v) is 29.9. The molecule has 0 saturated carbocycles. The van der Waals surface area contributed by atoms with Crippen LogP contribution >= 0.6 is 0 Å². The lowest BCUT2D eigenvalue weighted by molar-refractivity contribution is 0.0944. The molecule has 386 valence electrons. The summed E-state index contributed by atoms with van der Waals surface area (Å²) in [6.07, 6.45) is 47.9. The number of nitrogens with one attached hydrogen (secondary N) is 2. The molecular weight excluding hydrogens is 853 g/mol. The molecule has 2 N–H and O–H groups in total. The van der Waals surface area contributed by atoms with Crippen LogP contribution in [0.1, 0.15) is 276 Å². The number of unbranched alkanes of at least 4 members (excludes halogenated alkanes) is 30. The second kappa shape index (κ2) is 35.2. The van der Waals surface area contributed by atoms with E-state index in [1.807, 2.05) is 6.07 Å². The molecule has 0 unspecified atom stereocenters. The third-order valence-electron chi connectivity index (χ3n) is 15.5. The average molecular weight is 954 g/mol. The van der Waals surface area contributed by atoms with Crippen LogP contribution in [-0.4, -0.2) is 24.9 Å². The van der Waals surface area contributed by atoms with Gasteiger partial charge in [-0.05, 0) is 119 Å². The van der Waals surface area contributed by atoms with Gasteiger partial charge in [-0.25, -0.2) is 0 Å². The van der Waals surface area contributed by atoms with Gasteiger partial charge in [-0.15, -0.1) is 0 Å². The van der Waals surface area contributed by atoms with E-state index in [1.165, 1.54) is 231 Å². The van der Waals surface area contributed by atoms with E-state index in [2.05, 4.69) is 92.1 Å². The predicted molar refractivity (Wildman–Crippen MR) is 306 cm³/mol. The van der Waals surface area contributed by atoms with Crippen LogP contribution in [0.4, 0.5) is 0 Å². The number of aryl methyl sites for hydroxylation is 2. The summed E-state index contributed by atoms with van der Waals surface area (Å²) in [5.41, 5.74) is 6.15. The predicted octanol–water partition coefficient (Wildman–Crippen LogP) is 19.7. The molecule has 4 heteroatoms. The van der Waals surface area contributed by atoms with Crippen molar-refractivity contribution in [3.63, 3.8) is 0 Å². The summed E-state index contributed by atoms with van der Waals surface area (Å²) in [5, 5.41) is 13.6. The number of rotatable bonds is 42. The third kappa shape index (κ3) is 20.3. The number of hydrogen-bond donors (Lipinski definition) is 2. The summed E-state index contributed by atoms with van der Waals surface area (Å²) in [4.78, 5) is 27.5. The fraction of sp³-hybridized carbons (Fsp3) is 0.636. The zero-order valence-electron chi connectivity index (χ0n) is 45.2. The molecule has 0 atom stereocenters. The van der Waals surface area contributed by atoms with Crippen LogP contribution in [0.15, 0.2) is 66.7 Å². The van der Waals surface area contributed by atoms with Crippen LogP contribution in [0.3, 0.4) is 0 Å². The minimum Gasteiger partial charge on any atom is -0.352 e.